The van der Waals surface area contributed by atoms with Crippen LogP contribution in [0.5, 0.6) is 0 Å². The number of amides is 1. The maximum atomic E-state index is 13.4. The topological polar surface area (TPSA) is 108 Å². The van der Waals surface area contributed by atoms with Crippen molar-refractivity contribution in [1.82, 2.24) is 10.2 Å². The number of halogens is 2. The number of fused-ring (bicyclic) bond motifs is 2. The van der Waals surface area contributed by atoms with Gasteiger partial charge in [0, 0.05) is 49.3 Å². The molecule has 1 aromatic carbocycles. The summed E-state index contributed by atoms with van der Waals surface area (Å²) in [7, 11) is 0. The maximum absolute atomic E-state index is 13.4. The van der Waals surface area contributed by atoms with Gasteiger partial charge >= 0.3 is 12.1 Å². The molecular formula is C43H67Cl2N3O8. The summed E-state index contributed by atoms with van der Waals surface area (Å²) in [5.74, 6) is 1.98. The Labute approximate surface area is 345 Å². The van der Waals surface area contributed by atoms with E-state index in [0.717, 1.165) is 82.3 Å². The lowest BCUT2D eigenvalue weighted by Gasteiger charge is -2.60. The van der Waals surface area contributed by atoms with Gasteiger partial charge in [0.15, 0.2) is 11.9 Å². The number of ether oxygens (including phenoxy) is 4. The van der Waals surface area contributed by atoms with Gasteiger partial charge in [0.05, 0.1) is 12.7 Å². The maximum Gasteiger partial charge on any atom is 0.408 e. The zero-order chi connectivity index (χ0) is 40.1. The van der Waals surface area contributed by atoms with E-state index in [2.05, 4.69) is 29.0 Å². The molecule has 1 aliphatic carbocycles. The van der Waals surface area contributed by atoms with Crippen LogP contribution in [0.2, 0.25) is 0 Å². The van der Waals surface area contributed by atoms with Crippen molar-refractivity contribution in [3.8, 4) is 0 Å². The van der Waals surface area contributed by atoms with Gasteiger partial charge in [-0.2, -0.15) is 0 Å². The van der Waals surface area contributed by atoms with Crippen molar-refractivity contribution in [2.75, 3.05) is 56.0 Å². The molecule has 6 aliphatic rings. The fourth-order valence-corrected chi connectivity index (χ4v) is 10.5. The molecule has 9 unspecified atom stereocenters. The third-order valence-corrected chi connectivity index (χ3v) is 13.5. The fraction of sp³-hybridized carbons (Fsp3) is 0.814. The number of benzene rings is 1. The zero-order valence-corrected chi connectivity index (χ0v) is 36.1. The van der Waals surface area contributed by atoms with E-state index < -0.39 is 35.1 Å². The summed E-state index contributed by atoms with van der Waals surface area (Å²) >= 11 is 12.0. The van der Waals surface area contributed by atoms with Gasteiger partial charge < -0.3 is 34.1 Å². The number of esters is 1. The van der Waals surface area contributed by atoms with E-state index >= 15 is 0 Å². The molecule has 2 bridgehead atoms. The van der Waals surface area contributed by atoms with Gasteiger partial charge in [-0.25, -0.2) is 19.4 Å². The van der Waals surface area contributed by atoms with Crippen molar-refractivity contribution in [1.29, 1.82) is 0 Å². The van der Waals surface area contributed by atoms with Gasteiger partial charge in [-0.05, 0) is 140 Å². The fourth-order valence-electron chi connectivity index (χ4n) is 10.0. The second kappa shape index (κ2) is 19.0. The Kier molecular flexibility index (Phi) is 14.9. The average molecular weight is 825 g/mol. The number of nitrogens with one attached hydrogen (secondary N) is 1. The molecule has 11 nitrogen and oxygen atoms in total. The first-order chi connectivity index (χ1) is 26.7. The summed E-state index contributed by atoms with van der Waals surface area (Å²) in [4.78, 5) is 43.2. The molecule has 316 valence electrons. The number of carbonyl (C=O) groups excluding carboxylic acids is 2. The second-order valence-electron chi connectivity index (χ2n) is 18.3. The molecule has 1 N–H and O–H groups in total. The highest BCUT2D eigenvalue weighted by atomic mass is 35.5. The van der Waals surface area contributed by atoms with Gasteiger partial charge in [-0.1, -0.05) is 26.0 Å². The average Bonchev–Trinajstić information content (AvgIpc) is 3.39. The molecule has 0 radical (unpaired) electrons. The Hall–Kier alpha value is -1.86. The lowest BCUT2D eigenvalue weighted by atomic mass is 9.57. The summed E-state index contributed by atoms with van der Waals surface area (Å²) in [6, 6.07) is 7.01. The summed E-state index contributed by atoms with van der Waals surface area (Å²) < 4.78 is 24.7. The minimum Gasteiger partial charge on any atom is -0.464 e. The van der Waals surface area contributed by atoms with E-state index in [1.54, 1.807) is 20.8 Å². The Morgan fingerprint density at radius 3 is 2.38 bits per heavy atom. The Morgan fingerprint density at radius 2 is 1.70 bits per heavy atom. The number of hydrogen-bond donors (Lipinski definition) is 1. The number of rotatable bonds is 16. The van der Waals surface area contributed by atoms with Crippen molar-refractivity contribution < 1.29 is 38.3 Å². The monoisotopic (exact) mass is 823 g/mol. The van der Waals surface area contributed by atoms with Gasteiger partial charge in [0.25, 0.3) is 0 Å². The highest BCUT2D eigenvalue weighted by Gasteiger charge is 2.69. The molecule has 6 fully saturated rings. The van der Waals surface area contributed by atoms with Crippen molar-refractivity contribution in [2.24, 2.45) is 29.6 Å². The molecule has 13 heteroatoms. The molecule has 56 heavy (non-hydrogen) atoms. The predicted octanol–water partition coefficient (Wildman–Crippen LogP) is 8.08. The van der Waals surface area contributed by atoms with Crippen LogP contribution >= 0.6 is 23.2 Å². The molecule has 9 atom stereocenters. The molecule has 5 heterocycles. The standard InChI is InChI=1S/C43H67Cl2N3O8/c1-29-9-14-35-30(2)37(52-39-43(35)34(29)15-19-42(6,53-39)55-56-43)8-7-22-47-23-16-31(17-24-47)18-27-51-38(49)36(46-40(50)54-41(3,4)5)28-32-10-12-33(13-11-32)48(25-20-44)26-21-45/h10-13,29-31,34-37,39H,7-9,14-28H2,1-6H3,(H,46,50). The third-order valence-electron chi connectivity index (χ3n) is 13.2. The van der Waals surface area contributed by atoms with E-state index in [0.29, 0.717) is 61.0 Å². The molecule has 5 aliphatic heterocycles. The van der Waals surface area contributed by atoms with E-state index in [1.165, 1.54) is 6.42 Å². The highest BCUT2D eigenvalue weighted by molar-refractivity contribution is 6.18. The number of anilines is 1. The lowest BCUT2D eigenvalue weighted by molar-refractivity contribution is -0.571. The number of hydrogen-bond acceptors (Lipinski definition) is 10. The summed E-state index contributed by atoms with van der Waals surface area (Å²) in [5, 5.41) is 2.76. The van der Waals surface area contributed by atoms with Crippen LogP contribution < -0.4 is 10.2 Å². The predicted molar refractivity (Wildman–Crippen MR) is 218 cm³/mol. The molecule has 1 amide bonds. The van der Waals surface area contributed by atoms with Crippen molar-refractivity contribution in [3.63, 3.8) is 0 Å². The Morgan fingerprint density at radius 1 is 0.982 bits per heavy atom. The largest absolute Gasteiger partial charge is 0.464 e. The van der Waals surface area contributed by atoms with Crippen LogP contribution in [0.15, 0.2) is 24.3 Å². The van der Waals surface area contributed by atoms with E-state index in [-0.39, 0.29) is 18.8 Å². The molecule has 5 saturated heterocycles. The summed E-state index contributed by atoms with van der Waals surface area (Å²) in [6.07, 6.45) is 8.65. The number of nitrogens with zero attached hydrogens (tertiary/aromatic N) is 2. The first kappa shape index (κ1) is 43.7. The van der Waals surface area contributed by atoms with Gasteiger partial charge in [0.1, 0.15) is 11.6 Å². The Bertz CT molecular complexity index is 1430. The van der Waals surface area contributed by atoms with Crippen LogP contribution in [0.25, 0.3) is 0 Å². The van der Waals surface area contributed by atoms with Crippen LogP contribution in [-0.4, -0.2) is 103 Å². The zero-order valence-electron chi connectivity index (χ0n) is 34.6. The third kappa shape index (κ3) is 10.5. The van der Waals surface area contributed by atoms with E-state index in [1.807, 2.05) is 31.2 Å². The molecule has 7 rings (SSSR count). The van der Waals surface area contributed by atoms with Crippen LogP contribution in [0.1, 0.15) is 105 Å². The van der Waals surface area contributed by atoms with Crippen LogP contribution in [0.3, 0.4) is 0 Å². The number of piperidine rings is 1. The molecule has 1 saturated carbocycles. The number of alkyl carbamates (subject to hydrolysis) is 1. The minimum absolute atomic E-state index is 0.143. The number of carbonyl (C=O) groups is 2. The smallest absolute Gasteiger partial charge is 0.408 e. The van der Waals surface area contributed by atoms with Crippen LogP contribution in [0, 0.1) is 29.6 Å². The van der Waals surface area contributed by atoms with Gasteiger partial charge in [-0.3, -0.25) is 0 Å². The quantitative estimate of drug-likeness (QED) is 0.0999. The van der Waals surface area contributed by atoms with E-state index in [4.69, 9.17) is 51.9 Å². The number of likely N-dealkylation sites (tertiary alicyclic amines) is 1. The molecular weight excluding hydrogens is 757 g/mol. The highest BCUT2D eigenvalue weighted by Crippen LogP contribution is 2.60. The normalized spacial score (nSPS) is 32.6. The van der Waals surface area contributed by atoms with Gasteiger partial charge in [-0.15, -0.1) is 23.2 Å². The number of alkyl halides is 2. The summed E-state index contributed by atoms with van der Waals surface area (Å²) in [6.45, 7) is 16.9. The van der Waals surface area contributed by atoms with Crippen LogP contribution in [0.4, 0.5) is 10.5 Å². The lowest BCUT2D eigenvalue weighted by Crippen LogP contribution is -2.70. The molecule has 1 aromatic rings. The van der Waals surface area contributed by atoms with Crippen LogP contribution in [-0.2, 0) is 39.9 Å². The first-order valence-electron chi connectivity index (χ1n) is 21.3. The van der Waals surface area contributed by atoms with Crippen molar-refractivity contribution in [3.05, 3.63) is 29.8 Å². The van der Waals surface area contributed by atoms with Gasteiger partial charge in [0.2, 0.25) is 5.79 Å². The van der Waals surface area contributed by atoms with E-state index in [9.17, 15) is 9.59 Å². The second-order valence-corrected chi connectivity index (χ2v) is 19.0. The molecule has 1 spiro atoms. The minimum atomic E-state index is -0.878. The van der Waals surface area contributed by atoms with Crippen molar-refractivity contribution in [2.45, 2.75) is 141 Å². The SMILES string of the molecule is CC1CCC2C(C)C(CCCN3CCC(CCOC(=O)C(Cc4ccc(N(CCCl)CCCl)cc4)NC(=O)OC(C)(C)C)CC3)OC3OC4(C)CCC1C32OO4. The van der Waals surface area contributed by atoms with Crippen molar-refractivity contribution >= 4 is 41.0 Å². The Balaban J connectivity index is 0.942. The summed E-state index contributed by atoms with van der Waals surface area (Å²) in [5.41, 5.74) is 0.698. The first-order valence-corrected chi connectivity index (χ1v) is 22.3. The molecule has 0 aromatic heterocycles.